The predicted octanol–water partition coefficient (Wildman–Crippen LogP) is -0.198. The molecule has 2 atom stereocenters. The van der Waals surface area contributed by atoms with Crippen molar-refractivity contribution in [2.24, 2.45) is 17.3 Å². The standard InChI is InChI=1S/C19H36N6O2/c1-23-8-10-25(11-9-23)19(24(2)22)7-6-18(21)16-14-15(4-5-17(16)20)27-13-12-26-3/h4-5,7,15,18H,6,8-14,20-22H2,1-3H3/b19-7+. The van der Waals surface area contributed by atoms with Gasteiger partial charge >= 0.3 is 0 Å². The van der Waals surface area contributed by atoms with Gasteiger partial charge in [-0.1, -0.05) is 6.08 Å². The highest BCUT2D eigenvalue weighted by Gasteiger charge is 2.22. The highest BCUT2D eigenvalue weighted by atomic mass is 16.5. The Bertz CT molecular complexity index is 552. The van der Waals surface area contributed by atoms with Crippen LogP contribution < -0.4 is 17.3 Å². The summed E-state index contributed by atoms with van der Waals surface area (Å²) in [5.41, 5.74) is 14.4. The Kier molecular flexibility index (Phi) is 8.59. The minimum atomic E-state index is -0.161. The van der Waals surface area contributed by atoms with Gasteiger partial charge in [0.15, 0.2) is 0 Å². The molecule has 1 aliphatic heterocycles. The van der Waals surface area contributed by atoms with Crippen LogP contribution in [-0.4, -0.2) is 87.6 Å². The molecule has 0 spiro atoms. The van der Waals surface area contributed by atoms with E-state index in [9.17, 15) is 0 Å². The predicted molar refractivity (Wildman–Crippen MR) is 108 cm³/mol. The van der Waals surface area contributed by atoms with Crippen LogP contribution in [0.5, 0.6) is 0 Å². The summed E-state index contributed by atoms with van der Waals surface area (Å²) in [4.78, 5) is 4.63. The second-order valence-electron chi connectivity index (χ2n) is 7.25. The van der Waals surface area contributed by atoms with Gasteiger partial charge in [-0.25, -0.2) is 5.84 Å². The number of allylic oxidation sites excluding steroid dienone is 1. The maximum atomic E-state index is 6.47. The third-order valence-electron chi connectivity index (χ3n) is 5.09. The summed E-state index contributed by atoms with van der Waals surface area (Å²) in [6.45, 7) is 5.11. The summed E-state index contributed by atoms with van der Waals surface area (Å²) < 4.78 is 10.8. The van der Waals surface area contributed by atoms with Gasteiger partial charge in [0, 0.05) is 58.5 Å². The SMILES string of the molecule is COCCOC1C=CC(N)=C(C(N)C/C=C(\N(C)N)N2CCN(C)CC2)C1. The molecule has 1 fully saturated rings. The van der Waals surface area contributed by atoms with Crippen LogP contribution in [-0.2, 0) is 9.47 Å². The molecule has 0 bridgehead atoms. The Balaban J connectivity index is 1.97. The molecule has 2 unspecified atom stereocenters. The summed E-state index contributed by atoms with van der Waals surface area (Å²) >= 11 is 0. The van der Waals surface area contributed by atoms with Crippen LogP contribution >= 0.6 is 0 Å². The smallest absolute Gasteiger partial charge is 0.114 e. The van der Waals surface area contributed by atoms with Gasteiger partial charge in [0.05, 0.1) is 19.3 Å². The van der Waals surface area contributed by atoms with Crippen LogP contribution in [0, 0.1) is 0 Å². The number of hydrogen-bond donors (Lipinski definition) is 3. The average molecular weight is 381 g/mol. The lowest BCUT2D eigenvalue weighted by molar-refractivity contribution is 0.0385. The van der Waals surface area contributed by atoms with Gasteiger partial charge in [0.2, 0.25) is 0 Å². The minimum absolute atomic E-state index is 0.00763. The Labute approximate surface area is 163 Å². The lowest BCUT2D eigenvalue weighted by Crippen LogP contribution is -2.48. The molecule has 0 aromatic rings. The Hall–Kier alpha value is -1.58. The maximum absolute atomic E-state index is 6.47. The van der Waals surface area contributed by atoms with E-state index in [0.29, 0.717) is 26.1 Å². The third kappa shape index (κ3) is 6.51. The van der Waals surface area contributed by atoms with E-state index in [0.717, 1.165) is 43.3 Å². The molecule has 8 nitrogen and oxygen atoms in total. The first-order valence-electron chi connectivity index (χ1n) is 9.57. The van der Waals surface area contributed by atoms with E-state index in [-0.39, 0.29) is 12.1 Å². The molecule has 2 rings (SSSR count). The number of piperazine rings is 1. The van der Waals surface area contributed by atoms with E-state index in [4.69, 9.17) is 26.8 Å². The van der Waals surface area contributed by atoms with E-state index in [1.165, 1.54) is 0 Å². The van der Waals surface area contributed by atoms with Gasteiger partial charge in [0.1, 0.15) is 5.82 Å². The first kappa shape index (κ1) is 21.7. The second kappa shape index (κ2) is 10.7. The molecular weight excluding hydrogens is 344 g/mol. The molecule has 0 aromatic heterocycles. The van der Waals surface area contributed by atoms with Crippen molar-refractivity contribution < 1.29 is 9.47 Å². The minimum Gasteiger partial charge on any atom is -0.399 e. The quantitative estimate of drug-likeness (QED) is 0.287. The van der Waals surface area contributed by atoms with Crippen LogP contribution in [0.3, 0.4) is 0 Å². The van der Waals surface area contributed by atoms with E-state index >= 15 is 0 Å². The molecule has 0 radical (unpaired) electrons. The van der Waals surface area contributed by atoms with Crippen molar-refractivity contribution in [3.05, 3.63) is 35.3 Å². The monoisotopic (exact) mass is 380 g/mol. The first-order chi connectivity index (χ1) is 12.9. The van der Waals surface area contributed by atoms with Gasteiger partial charge in [-0.05, 0) is 31.2 Å². The second-order valence-corrected chi connectivity index (χ2v) is 7.25. The van der Waals surface area contributed by atoms with Gasteiger partial charge in [0.25, 0.3) is 0 Å². The van der Waals surface area contributed by atoms with Crippen LogP contribution in [0.25, 0.3) is 0 Å². The largest absolute Gasteiger partial charge is 0.399 e. The number of nitrogens with two attached hydrogens (primary N) is 3. The number of methoxy groups -OCH3 is 1. The number of ether oxygens (including phenoxy) is 2. The fourth-order valence-electron chi connectivity index (χ4n) is 3.39. The summed E-state index contributed by atoms with van der Waals surface area (Å²) in [7, 11) is 5.67. The van der Waals surface area contributed by atoms with E-state index in [1.54, 1.807) is 12.1 Å². The van der Waals surface area contributed by atoms with Gasteiger partial charge in [-0.15, -0.1) is 0 Å². The van der Waals surface area contributed by atoms with Crippen molar-refractivity contribution in [1.82, 2.24) is 14.8 Å². The zero-order valence-corrected chi connectivity index (χ0v) is 16.9. The highest BCUT2D eigenvalue weighted by Crippen LogP contribution is 2.23. The first-order valence-corrected chi connectivity index (χ1v) is 9.57. The maximum Gasteiger partial charge on any atom is 0.114 e. The molecule has 27 heavy (non-hydrogen) atoms. The molecule has 0 aromatic carbocycles. The molecule has 2 aliphatic rings. The summed E-state index contributed by atoms with van der Waals surface area (Å²) in [6, 6.07) is -0.161. The van der Waals surface area contributed by atoms with Crippen molar-refractivity contribution in [3.8, 4) is 0 Å². The number of hydrogen-bond acceptors (Lipinski definition) is 8. The molecule has 6 N–H and O–H groups in total. The zero-order chi connectivity index (χ0) is 19.8. The van der Waals surface area contributed by atoms with E-state index < -0.39 is 0 Å². The molecule has 0 amide bonds. The van der Waals surface area contributed by atoms with Crippen LogP contribution in [0.15, 0.2) is 35.3 Å². The summed E-state index contributed by atoms with van der Waals surface area (Å²) in [6.07, 6.45) is 7.39. The summed E-state index contributed by atoms with van der Waals surface area (Å²) in [5.74, 6) is 7.08. The lowest BCUT2D eigenvalue weighted by Gasteiger charge is -2.38. The van der Waals surface area contributed by atoms with Crippen molar-refractivity contribution in [3.63, 3.8) is 0 Å². The van der Waals surface area contributed by atoms with Crippen LogP contribution in [0.1, 0.15) is 12.8 Å². The van der Waals surface area contributed by atoms with Gasteiger partial charge < -0.3 is 30.7 Å². The summed E-state index contributed by atoms with van der Waals surface area (Å²) in [5, 5.41) is 1.67. The number of hydrazine groups is 1. The lowest BCUT2D eigenvalue weighted by atomic mass is 9.92. The molecule has 1 aliphatic carbocycles. The molecular formula is C19H36N6O2. The Morgan fingerprint density at radius 3 is 2.67 bits per heavy atom. The molecule has 8 heteroatoms. The van der Waals surface area contributed by atoms with Crippen LogP contribution in [0.2, 0.25) is 0 Å². The molecule has 1 heterocycles. The zero-order valence-electron chi connectivity index (χ0n) is 16.9. The fourth-order valence-corrected chi connectivity index (χ4v) is 3.39. The number of nitrogens with zero attached hydrogens (tertiary/aromatic N) is 3. The van der Waals surface area contributed by atoms with Gasteiger partial charge in [-0.3, -0.25) is 5.01 Å². The fraction of sp³-hybridized carbons (Fsp3) is 0.684. The van der Waals surface area contributed by atoms with Crippen molar-refractivity contribution in [2.45, 2.75) is 25.0 Å². The third-order valence-corrected chi connectivity index (χ3v) is 5.09. The Morgan fingerprint density at radius 2 is 2.04 bits per heavy atom. The van der Waals surface area contributed by atoms with Crippen LogP contribution in [0.4, 0.5) is 0 Å². The average Bonchev–Trinajstić information content (AvgIpc) is 2.64. The number of likely N-dealkylation sites (N-methyl/N-ethyl adjacent to an activating group) is 1. The number of rotatable bonds is 9. The van der Waals surface area contributed by atoms with Crippen molar-refractivity contribution >= 4 is 0 Å². The van der Waals surface area contributed by atoms with Crippen molar-refractivity contribution in [1.29, 1.82) is 0 Å². The molecule has 1 saturated heterocycles. The topological polar surface area (TPSA) is 106 Å². The molecule has 154 valence electrons. The van der Waals surface area contributed by atoms with Gasteiger partial charge in [-0.2, -0.15) is 0 Å². The van der Waals surface area contributed by atoms with E-state index in [1.807, 2.05) is 19.2 Å². The normalized spacial score (nSPS) is 23.1. The highest BCUT2D eigenvalue weighted by molar-refractivity contribution is 5.32. The van der Waals surface area contributed by atoms with Crippen molar-refractivity contribution in [2.75, 3.05) is 60.6 Å². The Morgan fingerprint density at radius 1 is 1.33 bits per heavy atom. The van der Waals surface area contributed by atoms with E-state index in [2.05, 4.69) is 22.9 Å². The molecule has 0 saturated carbocycles.